The van der Waals surface area contributed by atoms with Crippen LogP contribution in [0, 0.1) is 12.1 Å². The molecule has 0 atom stereocenters. The van der Waals surface area contributed by atoms with Crippen LogP contribution in [0.1, 0.15) is 31.4 Å². The van der Waals surface area contributed by atoms with Crippen LogP contribution < -0.4 is 0 Å². The molecule has 2 aliphatic carbocycles. The van der Waals surface area contributed by atoms with Crippen LogP contribution in [0.5, 0.6) is 0 Å². The van der Waals surface area contributed by atoms with Gasteiger partial charge in [-0.1, -0.05) is 35.4 Å². The summed E-state index contributed by atoms with van der Waals surface area (Å²) in [6.07, 6.45) is 11.0. The van der Waals surface area contributed by atoms with Gasteiger partial charge >= 0.3 is 37.6 Å². The van der Waals surface area contributed by atoms with Crippen molar-refractivity contribution in [2.24, 2.45) is 0 Å². The van der Waals surface area contributed by atoms with Gasteiger partial charge < -0.3 is 0 Å². The van der Waals surface area contributed by atoms with E-state index in [9.17, 15) is 0 Å². The summed E-state index contributed by atoms with van der Waals surface area (Å²) in [7, 11) is 0. The van der Waals surface area contributed by atoms with Crippen LogP contribution in [0.25, 0.3) is 11.1 Å². The van der Waals surface area contributed by atoms with Crippen molar-refractivity contribution in [1.29, 1.82) is 0 Å². The zero-order chi connectivity index (χ0) is 15.8. The second-order valence-corrected chi connectivity index (χ2v) is 6.96. The third kappa shape index (κ3) is 5.05. The molecule has 0 bridgehead atoms. The van der Waals surface area contributed by atoms with E-state index in [-0.39, 0.29) is 0 Å². The summed E-state index contributed by atoms with van der Waals surface area (Å²) in [6.45, 7) is 4.17. The third-order valence-corrected chi connectivity index (χ3v) is 3.20. The van der Waals surface area contributed by atoms with Crippen molar-refractivity contribution >= 4 is 3.81 Å². The van der Waals surface area contributed by atoms with E-state index in [1.807, 2.05) is 18.2 Å². The number of hydrogen-bond acceptors (Lipinski definition) is 0. The molecule has 0 nitrogen and oxygen atoms in total. The number of hydrogen-bond donors (Lipinski definition) is 0. The van der Waals surface area contributed by atoms with E-state index in [0.29, 0.717) is 0 Å². The minimum Gasteiger partial charge on any atom is -0.273 e. The largest absolute Gasteiger partial charge is 0.273 e. The molecule has 0 saturated carbocycles. The van der Waals surface area contributed by atoms with Gasteiger partial charge in [0.2, 0.25) is 0 Å². The van der Waals surface area contributed by atoms with Crippen LogP contribution >= 0.6 is 0 Å². The van der Waals surface area contributed by atoms with Gasteiger partial charge in [0.05, 0.1) is 0 Å². The van der Waals surface area contributed by atoms with Crippen LogP contribution in [0.4, 0.5) is 0 Å². The minimum absolute atomic E-state index is 1.01. The zero-order valence-electron chi connectivity index (χ0n) is 13.2. The molecular weight excluding hydrogens is 300 g/mol. The van der Waals surface area contributed by atoms with Crippen molar-refractivity contribution in [3.05, 3.63) is 84.0 Å². The molecule has 2 aromatic carbocycles. The molecular formula is C21H20Ti. The molecule has 0 heterocycles. The molecule has 0 aromatic heterocycles. The fourth-order valence-electron chi connectivity index (χ4n) is 2.34. The fourth-order valence-corrected chi connectivity index (χ4v) is 2.34. The maximum absolute atomic E-state index is 3.30. The average molecular weight is 320 g/mol. The quantitative estimate of drug-likeness (QED) is 0.399. The van der Waals surface area contributed by atoms with Gasteiger partial charge in [0.25, 0.3) is 0 Å². The smallest absolute Gasteiger partial charge is 0.0253 e. The second kappa shape index (κ2) is 8.83. The number of allylic oxidation sites excluding steroid dienone is 4. The molecule has 4 rings (SSSR count). The van der Waals surface area contributed by atoms with E-state index in [1.54, 1.807) is 0 Å². The van der Waals surface area contributed by atoms with Gasteiger partial charge in [-0.15, -0.1) is 12.0 Å². The van der Waals surface area contributed by atoms with Gasteiger partial charge in [-0.25, -0.2) is 12.2 Å². The predicted molar refractivity (Wildman–Crippen MR) is 91.4 cm³/mol. The molecule has 0 amide bonds. The summed E-state index contributed by atoms with van der Waals surface area (Å²) in [6, 6.07) is 18.1. The Balaban J connectivity index is 0.000000163. The first-order chi connectivity index (χ1) is 10.7. The fraction of sp³-hybridized carbons (Fsp3) is 0.190. The van der Waals surface area contributed by atoms with Crippen molar-refractivity contribution in [3.8, 4) is 11.1 Å². The van der Waals surface area contributed by atoms with E-state index in [4.69, 9.17) is 0 Å². The Kier molecular flexibility index (Phi) is 6.77. The molecule has 0 unspecified atom stereocenters. The molecule has 0 fully saturated rings. The molecule has 108 valence electrons. The van der Waals surface area contributed by atoms with Crippen LogP contribution in [0.3, 0.4) is 0 Å². The summed E-state index contributed by atoms with van der Waals surface area (Å²) in [4.78, 5) is 0. The first kappa shape index (κ1) is 16.9. The van der Waals surface area contributed by atoms with Gasteiger partial charge in [0.1, 0.15) is 0 Å². The van der Waals surface area contributed by atoms with Gasteiger partial charge in [0.15, 0.2) is 0 Å². The zero-order valence-corrected chi connectivity index (χ0v) is 14.7. The Labute approximate surface area is 145 Å². The Hall–Kier alpha value is -1.50. The Morgan fingerprint density at radius 2 is 1.77 bits per heavy atom. The molecule has 2 aliphatic rings. The summed E-state index contributed by atoms with van der Waals surface area (Å²) in [5.74, 6) is 0. The standard InChI is InChI=1S/C13H9.C5H5.C3H6.Ti/c1-3-7-12-10(5-1)9-11-6-2-4-8-13(11)12;1-2-4-5-3-1;1-3-2;/h1-5,7-8H,9H2;1-3H,4H2;1-2H3;/q2*-1;;+2. The molecule has 22 heavy (non-hydrogen) atoms. The maximum Gasteiger partial charge on any atom is -0.0253 e. The second-order valence-electron chi connectivity index (χ2n) is 5.40. The summed E-state index contributed by atoms with van der Waals surface area (Å²) < 4.78 is 1.42. The van der Waals surface area contributed by atoms with Crippen LogP contribution in [-0.4, -0.2) is 3.81 Å². The van der Waals surface area contributed by atoms with Crippen molar-refractivity contribution < 1.29 is 20.0 Å². The summed E-state index contributed by atoms with van der Waals surface area (Å²) in [5.41, 5.74) is 5.51. The van der Waals surface area contributed by atoms with Crippen molar-refractivity contribution in [2.75, 3.05) is 0 Å². The van der Waals surface area contributed by atoms with Gasteiger partial charge in [0, 0.05) is 0 Å². The molecule has 0 N–H and O–H groups in total. The number of rotatable bonds is 0. The van der Waals surface area contributed by atoms with E-state index < -0.39 is 0 Å². The van der Waals surface area contributed by atoms with Crippen LogP contribution in [0.2, 0.25) is 0 Å². The first-order valence-corrected chi connectivity index (χ1v) is 8.28. The Morgan fingerprint density at radius 3 is 2.41 bits per heavy atom. The van der Waals surface area contributed by atoms with Crippen molar-refractivity contribution in [1.82, 2.24) is 0 Å². The van der Waals surface area contributed by atoms with Gasteiger partial charge in [-0.2, -0.15) is 35.9 Å². The van der Waals surface area contributed by atoms with Gasteiger partial charge in [-0.3, -0.25) is 6.08 Å². The first-order valence-electron chi connectivity index (χ1n) is 7.50. The van der Waals surface area contributed by atoms with E-state index in [2.05, 4.69) is 88.4 Å². The van der Waals surface area contributed by atoms with Gasteiger partial charge in [-0.05, 0) is 6.42 Å². The van der Waals surface area contributed by atoms with Crippen molar-refractivity contribution in [2.45, 2.75) is 26.7 Å². The summed E-state index contributed by atoms with van der Waals surface area (Å²) in [5, 5.41) is 0. The molecule has 0 saturated heterocycles. The molecule has 2 aromatic rings. The van der Waals surface area contributed by atoms with Crippen molar-refractivity contribution in [3.63, 3.8) is 0 Å². The minimum atomic E-state index is 1.01. The topological polar surface area (TPSA) is 0 Å². The number of fused-ring (bicyclic) bond motifs is 3. The maximum atomic E-state index is 3.30. The Bertz CT molecular complexity index is 635. The predicted octanol–water partition coefficient (Wildman–Crippen LogP) is 5.11. The van der Waals surface area contributed by atoms with E-state index in [1.165, 1.54) is 26.1 Å². The van der Waals surface area contributed by atoms with Crippen LogP contribution in [-0.2, 0) is 26.4 Å². The number of benzene rings is 2. The van der Waals surface area contributed by atoms with Crippen LogP contribution in [0.15, 0.2) is 60.7 Å². The molecule has 1 heteroatoms. The summed E-state index contributed by atoms with van der Waals surface area (Å²) >= 11 is 2.08. The average Bonchev–Trinajstić information content (AvgIpc) is 3.18. The monoisotopic (exact) mass is 320 g/mol. The molecule has 0 spiro atoms. The van der Waals surface area contributed by atoms with E-state index >= 15 is 0 Å². The molecule has 0 radical (unpaired) electrons. The third-order valence-electron chi connectivity index (χ3n) is 3.20. The normalized spacial score (nSPS) is 12.5. The van der Waals surface area contributed by atoms with E-state index in [0.717, 1.165) is 12.8 Å². The molecule has 0 aliphatic heterocycles. The Morgan fingerprint density at radius 1 is 1.05 bits per heavy atom. The SMILES string of the molecule is C[C](C)=[Ti+2].[C-]1=CC=CC1.[c-]1cccc2c1Cc1ccccc1-2.